The summed E-state index contributed by atoms with van der Waals surface area (Å²) in [6.45, 7) is 3.61. The predicted octanol–water partition coefficient (Wildman–Crippen LogP) is 2.90. The maximum Gasteiger partial charge on any atom is 0.243 e. The maximum absolute atomic E-state index is 13.2. The number of hydrogen-bond donors (Lipinski definition) is 1. The molecule has 4 rings (SSSR count). The molecule has 0 bridgehead atoms. The zero-order valence-electron chi connectivity index (χ0n) is 21.4. The van der Waals surface area contributed by atoms with E-state index < -0.39 is 26.0 Å². The molecular weight excluding hydrogens is 514 g/mol. The van der Waals surface area contributed by atoms with Crippen molar-refractivity contribution in [1.82, 2.24) is 13.9 Å². The van der Waals surface area contributed by atoms with Gasteiger partial charge in [0.2, 0.25) is 26.0 Å². The first-order chi connectivity index (χ1) is 17.6. The Morgan fingerprint density at radius 2 is 1.51 bits per heavy atom. The fourth-order valence-corrected chi connectivity index (χ4v) is 8.03. The first-order valence-corrected chi connectivity index (χ1v) is 15.5. The number of nitrogens with one attached hydrogen (secondary N) is 1. The molecule has 2 aromatic carbocycles. The lowest BCUT2D eigenvalue weighted by molar-refractivity contribution is -0.126. The van der Waals surface area contributed by atoms with Crippen LogP contribution in [0.4, 0.5) is 0 Å². The summed E-state index contributed by atoms with van der Waals surface area (Å²) in [5.74, 6) is -0.0515. The van der Waals surface area contributed by atoms with Gasteiger partial charge < -0.3 is 10.1 Å². The molecule has 1 N–H and O–H groups in total. The molecule has 1 atom stereocenters. The summed E-state index contributed by atoms with van der Waals surface area (Å²) in [7, 11) is -5.70. The number of carbonyl (C=O) groups excluding carboxylic acids is 1. The fraction of sp³-hybridized carbons (Fsp3) is 0.500. The molecule has 11 heteroatoms. The first kappa shape index (κ1) is 27.6. The first-order valence-electron chi connectivity index (χ1n) is 12.6. The van der Waals surface area contributed by atoms with Crippen molar-refractivity contribution in [1.29, 1.82) is 0 Å². The number of piperidine rings is 2. The van der Waals surface area contributed by atoms with Crippen molar-refractivity contribution in [2.24, 2.45) is 5.92 Å². The van der Waals surface area contributed by atoms with E-state index in [0.717, 1.165) is 30.4 Å². The third-order valence-corrected chi connectivity index (χ3v) is 10.9. The van der Waals surface area contributed by atoms with Crippen LogP contribution in [0.25, 0.3) is 0 Å². The Morgan fingerprint density at radius 3 is 2.16 bits per heavy atom. The molecule has 2 saturated heterocycles. The Kier molecular flexibility index (Phi) is 8.57. The zero-order valence-corrected chi connectivity index (χ0v) is 23.0. The molecule has 0 aromatic heterocycles. The lowest BCUT2D eigenvalue weighted by Gasteiger charge is -2.31. The van der Waals surface area contributed by atoms with Gasteiger partial charge in [0.1, 0.15) is 5.75 Å². The fourth-order valence-electron chi connectivity index (χ4n) is 4.90. The summed E-state index contributed by atoms with van der Waals surface area (Å²) < 4.78 is 60.2. The third-order valence-electron chi connectivity index (χ3n) is 7.10. The van der Waals surface area contributed by atoms with Crippen LogP contribution in [-0.2, 0) is 31.4 Å². The average molecular weight is 550 g/mol. The molecule has 202 valence electrons. The predicted molar refractivity (Wildman–Crippen MR) is 140 cm³/mol. The maximum atomic E-state index is 13.2. The van der Waals surface area contributed by atoms with Gasteiger partial charge in [-0.1, -0.05) is 18.6 Å². The van der Waals surface area contributed by atoms with Crippen LogP contribution in [0.15, 0.2) is 52.3 Å². The van der Waals surface area contributed by atoms with Gasteiger partial charge in [0.05, 0.1) is 22.8 Å². The van der Waals surface area contributed by atoms with Gasteiger partial charge >= 0.3 is 0 Å². The molecule has 0 aliphatic carbocycles. The van der Waals surface area contributed by atoms with E-state index in [2.05, 4.69) is 5.32 Å². The number of sulfonamides is 2. The average Bonchev–Trinajstić information content (AvgIpc) is 2.92. The summed E-state index contributed by atoms with van der Waals surface area (Å²) in [6, 6.07) is 11.3. The topological polar surface area (TPSA) is 113 Å². The Balaban J connectivity index is 1.36. The van der Waals surface area contributed by atoms with Crippen LogP contribution >= 0.6 is 0 Å². The Labute approximate surface area is 219 Å². The minimum Gasteiger partial charge on any atom is -0.496 e. The second kappa shape index (κ2) is 11.5. The third kappa shape index (κ3) is 6.17. The van der Waals surface area contributed by atoms with Crippen LogP contribution < -0.4 is 10.1 Å². The highest BCUT2D eigenvalue weighted by molar-refractivity contribution is 7.89. The van der Waals surface area contributed by atoms with Gasteiger partial charge in [0, 0.05) is 32.7 Å². The number of rotatable bonds is 8. The molecule has 2 fully saturated rings. The van der Waals surface area contributed by atoms with E-state index in [1.165, 1.54) is 21.8 Å². The van der Waals surface area contributed by atoms with E-state index in [-0.39, 0.29) is 28.8 Å². The van der Waals surface area contributed by atoms with Crippen LogP contribution in [0.3, 0.4) is 0 Å². The van der Waals surface area contributed by atoms with Crippen molar-refractivity contribution >= 4 is 26.0 Å². The summed E-state index contributed by atoms with van der Waals surface area (Å²) in [4.78, 5) is 13.3. The van der Waals surface area contributed by atoms with Gasteiger partial charge in [-0.05, 0) is 74.1 Å². The molecular formula is C26H35N3O6S2. The molecule has 37 heavy (non-hydrogen) atoms. The van der Waals surface area contributed by atoms with Gasteiger partial charge in [-0.3, -0.25) is 4.79 Å². The summed E-state index contributed by atoms with van der Waals surface area (Å²) >= 11 is 0. The molecule has 0 radical (unpaired) electrons. The SMILES string of the molecule is COc1ccc(S(=O)(=O)N2CCCC(C(=O)NCc3ccc(S(=O)(=O)N4CCCCC4)cc3)C2)cc1C. The Bertz CT molecular complexity index is 1320. The van der Waals surface area contributed by atoms with Crippen molar-refractivity contribution in [3.05, 3.63) is 53.6 Å². The molecule has 2 aliphatic rings. The molecule has 0 saturated carbocycles. The van der Waals surface area contributed by atoms with Crippen molar-refractivity contribution < 1.29 is 26.4 Å². The molecule has 1 amide bonds. The van der Waals surface area contributed by atoms with E-state index in [1.54, 1.807) is 43.3 Å². The van der Waals surface area contributed by atoms with Crippen LogP contribution in [0.1, 0.15) is 43.2 Å². The smallest absolute Gasteiger partial charge is 0.243 e. The van der Waals surface area contributed by atoms with E-state index in [0.29, 0.717) is 38.2 Å². The number of hydrogen-bond acceptors (Lipinski definition) is 6. The van der Waals surface area contributed by atoms with Crippen molar-refractivity contribution in [2.75, 3.05) is 33.3 Å². The molecule has 9 nitrogen and oxygen atoms in total. The van der Waals surface area contributed by atoms with Gasteiger partial charge in [-0.15, -0.1) is 0 Å². The standard InChI is InChI=1S/C26H35N3O6S2/c1-20-17-24(12-13-25(20)35-2)37(33,34)29-16-6-7-22(19-29)26(30)27-18-21-8-10-23(11-9-21)36(31,32)28-14-4-3-5-15-28/h8-13,17,22H,3-7,14-16,18-19H2,1-2H3,(H,27,30). The van der Waals surface area contributed by atoms with Crippen molar-refractivity contribution in [2.45, 2.75) is 55.4 Å². The van der Waals surface area contributed by atoms with Crippen molar-refractivity contribution in [3.8, 4) is 5.75 Å². The quantitative estimate of drug-likeness (QED) is 0.542. The number of benzene rings is 2. The number of ether oxygens (including phenoxy) is 1. The highest BCUT2D eigenvalue weighted by atomic mass is 32.2. The lowest BCUT2D eigenvalue weighted by Crippen LogP contribution is -2.45. The molecule has 2 aromatic rings. The molecule has 2 aliphatic heterocycles. The summed E-state index contributed by atoms with van der Waals surface area (Å²) in [5, 5.41) is 2.89. The van der Waals surface area contributed by atoms with Crippen LogP contribution in [-0.4, -0.2) is 64.6 Å². The molecule has 1 unspecified atom stereocenters. The second-order valence-electron chi connectivity index (χ2n) is 9.66. The highest BCUT2D eigenvalue weighted by Gasteiger charge is 2.33. The summed E-state index contributed by atoms with van der Waals surface area (Å²) in [6.07, 6.45) is 4.00. The Hall–Kier alpha value is -2.47. The van der Waals surface area contributed by atoms with Gasteiger partial charge in [0.25, 0.3) is 0 Å². The number of nitrogens with zero attached hydrogens (tertiary/aromatic N) is 2. The number of methoxy groups -OCH3 is 1. The van der Waals surface area contributed by atoms with Gasteiger partial charge in [0.15, 0.2) is 0 Å². The monoisotopic (exact) mass is 549 g/mol. The van der Waals surface area contributed by atoms with Gasteiger partial charge in [-0.2, -0.15) is 8.61 Å². The van der Waals surface area contributed by atoms with Gasteiger partial charge in [-0.25, -0.2) is 16.8 Å². The van der Waals surface area contributed by atoms with E-state index in [9.17, 15) is 21.6 Å². The van der Waals surface area contributed by atoms with Crippen LogP contribution in [0, 0.1) is 12.8 Å². The molecule has 2 heterocycles. The van der Waals surface area contributed by atoms with Crippen molar-refractivity contribution in [3.63, 3.8) is 0 Å². The number of carbonyl (C=O) groups is 1. The Morgan fingerprint density at radius 1 is 0.892 bits per heavy atom. The summed E-state index contributed by atoms with van der Waals surface area (Å²) in [5.41, 5.74) is 1.50. The van der Waals surface area contributed by atoms with Crippen LogP contribution in [0.5, 0.6) is 5.75 Å². The molecule has 0 spiro atoms. The largest absolute Gasteiger partial charge is 0.496 e. The van der Waals surface area contributed by atoms with Crippen LogP contribution in [0.2, 0.25) is 0 Å². The minimum absolute atomic E-state index is 0.117. The number of amides is 1. The number of aryl methyl sites for hydroxylation is 1. The normalized spacial score (nSPS) is 19.9. The van der Waals surface area contributed by atoms with E-state index in [4.69, 9.17) is 4.74 Å². The lowest BCUT2D eigenvalue weighted by atomic mass is 9.99. The van der Waals surface area contributed by atoms with E-state index >= 15 is 0 Å². The second-order valence-corrected chi connectivity index (χ2v) is 13.5. The minimum atomic E-state index is -3.73. The zero-order chi connectivity index (χ0) is 26.6. The van der Waals surface area contributed by atoms with E-state index in [1.807, 2.05) is 0 Å². The highest BCUT2D eigenvalue weighted by Crippen LogP contribution is 2.27.